The smallest absolute Gasteiger partial charge is 0.300 e. The Morgan fingerprint density at radius 2 is 1.13 bits per heavy atom. The molecule has 29 heteroatoms. The van der Waals surface area contributed by atoms with E-state index in [0.29, 0.717) is 18.2 Å². The van der Waals surface area contributed by atoms with E-state index in [1.807, 2.05) is 0 Å². The van der Waals surface area contributed by atoms with E-state index in [1.54, 1.807) is 0 Å². The Morgan fingerprint density at radius 3 is 1.71 bits per heavy atom. The maximum atomic E-state index is 13.2. The molecular weight excluding hydrogens is 925 g/mol. The molecule has 25 nitrogen and oxygen atoms in total. The second-order valence-corrected chi connectivity index (χ2v) is 18.1. The summed E-state index contributed by atoms with van der Waals surface area (Å²) in [5.74, 6) is -4.82. The lowest BCUT2D eigenvalue weighted by Gasteiger charge is -2.12. The summed E-state index contributed by atoms with van der Waals surface area (Å²) in [6.07, 6.45) is 0. The number of fused-ring (bicyclic) bond motifs is 2. The van der Waals surface area contributed by atoms with Crippen molar-refractivity contribution >= 4 is 96.1 Å². The first-order valence-electron chi connectivity index (χ1n) is 16.6. The zero-order valence-electron chi connectivity index (χ0n) is 31.3. The molecule has 0 aliphatic heterocycles. The maximum absolute atomic E-state index is 13.2. The average Bonchev–Trinajstić information content (AvgIpc) is 3.17. The number of ether oxygens (including phenoxy) is 2. The summed E-state index contributed by atoms with van der Waals surface area (Å²) in [7, 11) is -18.1. The fraction of sp³-hybridized carbons (Fsp3) is 0.0588. The molecule has 63 heavy (non-hydrogen) atoms. The van der Waals surface area contributed by atoms with Gasteiger partial charge in [-0.2, -0.15) is 33.7 Å². The van der Waals surface area contributed by atoms with Crippen LogP contribution in [0.25, 0.3) is 21.5 Å². The molecule has 6 rings (SSSR count). The Labute approximate surface area is 353 Å². The largest absolute Gasteiger partial charge is 0.594 e. The van der Waals surface area contributed by atoms with Crippen LogP contribution in [0.4, 0.5) is 34.1 Å². The second-order valence-electron chi connectivity index (χ2n) is 12.6. The molecule has 0 aromatic heterocycles. The standard InChI is InChI=1S/C34H26N6O19S4/c1-58-24-12-17(4-6-20(24)35-37-22-10-15-3-8-26(61(49,50)51)31(42)29(15)33(44)34(22)63(55,56)57)39-40(45)18-5-7-21(25(13-18)59-2)36-38-30-27(62(52,53)54)11-16-9-19(60(46,47)48)14-23(41)28(16)32(30)43/h3-14,41-44H,1-2H3,(H,46,47,48)(H,49,50,51)(H,52,53,54)(H,55,56,57). The highest BCUT2D eigenvalue weighted by Gasteiger charge is 2.29. The van der Waals surface area contributed by atoms with E-state index in [4.69, 9.17) is 9.47 Å². The number of nitrogens with zero attached hydrogens (tertiary/aromatic N) is 6. The Balaban J connectivity index is 1.33. The number of benzene rings is 6. The average molecular weight is 951 g/mol. The van der Waals surface area contributed by atoms with Crippen molar-refractivity contribution in [3.63, 3.8) is 0 Å². The summed E-state index contributed by atoms with van der Waals surface area (Å²) < 4.78 is 145. The summed E-state index contributed by atoms with van der Waals surface area (Å²) >= 11 is 0. The zero-order chi connectivity index (χ0) is 46.6. The third-order valence-electron chi connectivity index (χ3n) is 8.64. The lowest BCUT2D eigenvalue weighted by Crippen LogP contribution is -2.02. The van der Waals surface area contributed by atoms with Gasteiger partial charge in [0.25, 0.3) is 40.5 Å². The Hall–Kier alpha value is -7.12. The molecule has 0 radical (unpaired) electrons. The molecular formula is C34H26N6O19S4. The van der Waals surface area contributed by atoms with Crippen molar-refractivity contribution < 1.29 is 86.6 Å². The number of hydrogen-bond donors (Lipinski definition) is 8. The highest BCUT2D eigenvalue weighted by atomic mass is 32.2. The summed E-state index contributed by atoms with van der Waals surface area (Å²) in [5.41, 5.74) is -2.16. The van der Waals surface area contributed by atoms with Gasteiger partial charge in [-0.15, -0.1) is 20.5 Å². The molecule has 6 aromatic carbocycles. The van der Waals surface area contributed by atoms with Crippen LogP contribution in [0.1, 0.15) is 0 Å². The monoisotopic (exact) mass is 950 g/mol. The van der Waals surface area contributed by atoms with Gasteiger partial charge in [0, 0.05) is 23.3 Å². The van der Waals surface area contributed by atoms with Crippen molar-refractivity contribution in [1.29, 1.82) is 0 Å². The molecule has 0 saturated heterocycles. The van der Waals surface area contributed by atoms with Crippen molar-refractivity contribution in [3.05, 3.63) is 78.0 Å². The molecule has 0 saturated carbocycles. The number of azo groups is 3. The third-order valence-corrected chi connectivity index (χ3v) is 12.1. The molecule has 0 amide bonds. The van der Waals surface area contributed by atoms with Gasteiger partial charge in [-0.25, -0.2) is 0 Å². The van der Waals surface area contributed by atoms with E-state index in [1.165, 1.54) is 25.3 Å². The van der Waals surface area contributed by atoms with Crippen molar-refractivity contribution in [2.45, 2.75) is 19.6 Å². The molecule has 330 valence electrons. The van der Waals surface area contributed by atoms with Gasteiger partial charge in [-0.05, 0) is 58.1 Å². The summed E-state index contributed by atoms with van der Waals surface area (Å²) in [6, 6.07) is 11.7. The number of phenolic OH excluding ortho intramolecular Hbond substituents is 4. The van der Waals surface area contributed by atoms with Gasteiger partial charge in [0.2, 0.25) is 5.69 Å². The first-order valence-corrected chi connectivity index (χ1v) is 22.3. The predicted molar refractivity (Wildman–Crippen MR) is 214 cm³/mol. The van der Waals surface area contributed by atoms with Crippen LogP contribution < -0.4 is 9.47 Å². The van der Waals surface area contributed by atoms with Crippen LogP contribution in [-0.4, -0.2) is 91.4 Å². The molecule has 0 atom stereocenters. The Kier molecular flexibility index (Phi) is 11.7. The van der Waals surface area contributed by atoms with Crippen LogP contribution in [0.2, 0.25) is 0 Å². The second kappa shape index (κ2) is 16.3. The summed E-state index contributed by atoms with van der Waals surface area (Å²) in [6.45, 7) is 0. The number of hydrogen-bond acceptors (Lipinski definition) is 20. The van der Waals surface area contributed by atoms with E-state index < -0.39 is 111 Å². The lowest BCUT2D eigenvalue weighted by molar-refractivity contribution is -0.435. The SMILES string of the molecule is COc1cc(N=[N+]([O-])c2ccc(N=Nc3c(S(=O)(=O)O)cc4cc(S(=O)(=O)O)cc(O)c4c3O)c(OC)c2)ccc1N=Nc1cc2ccc(S(=O)(=O)O)c(O)c2c(O)c1S(=O)(=O)O. The minimum absolute atomic E-state index is 0.0629. The molecule has 0 fully saturated rings. The van der Waals surface area contributed by atoms with E-state index in [-0.39, 0.29) is 44.5 Å². The normalized spacial score (nSPS) is 13.1. The van der Waals surface area contributed by atoms with Crippen LogP contribution >= 0.6 is 0 Å². The molecule has 0 unspecified atom stereocenters. The van der Waals surface area contributed by atoms with Crippen molar-refractivity contribution in [1.82, 2.24) is 0 Å². The number of phenols is 4. The molecule has 0 heterocycles. The number of methoxy groups -OCH3 is 2. The van der Waals surface area contributed by atoms with Crippen molar-refractivity contribution in [2.24, 2.45) is 25.6 Å². The van der Waals surface area contributed by atoms with E-state index >= 15 is 0 Å². The Morgan fingerprint density at radius 1 is 0.540 bits per heavy atom. The topological polar surface area (TPSA) is 405 Å². The summed E-state index contributed by atoms with van der Waals surface area (Å²) in [4.78, 5) is -4.18. The van der Waals surface area contributed by atoms with Gasteiger partial charge in [-0.1, -0.05) is 6.07 Å². The quantitative estimate of drug-likeness (QED) is 0.0278. The molecule has 6 aromatic rings. The molecule has 0 bridgehead atoms. The fourth-order valence-electron chi connectivity index (χ4n) is 5.88. The molecule has 8 N–H and O–H groups in total. The minimum atomic E-state index is -5.34. The van der Waals surface area contributed by atoms with Gasteiger partial charge >= 0.3 is 0 Å². The first-order chi connectivity index (χ1) is 29.2. The van der Waals surface area contributed by atoms with E-state index in [2.05, 4.69) is 25.6 Å². The molecule has 0 spiro atoms. The van der Waals surface area contributed by atoms with Crippen LogP contribution in [0.5, 0.6) is 34.5 Å². The van der Waals surface area contributed by atoms with Crippen LogP contribution in [0, 0.1) is 5.21 Å². The highest BCUT2D eigenvalue weighted by Crippen LogP contribution is 2.48. The van der Waals surface area contributed by atoms with Gasteiger partial charge in [0.1, 0.15) is 55.5 Å². The van der Waals surface area contributed by atoms with Gasteiger partial charge in [0.05, 0.1) is 36.0 Å². The third kappa shape index (κ3) is 9.10. The summed E-state index contributed by atoms with van der Waals surface area (Å²) in [5, 5.41) is 72.9. The van der Waals surface area contributed by atoms with Crippen LogP contribution in [-0.2, 0) is 40.5 Å². The Bertz CT molecular complexity index is 3490. The van der Waals surface area contributed by atoms with Crippen molar-refractivity contribution in [3.8, 4) is 34.5 Å². The van der Waals surface area contributed by atoms with E-state index in [0.717, 1.165) is 43.5 Å². The van der Waals surface area contributed by atoms with Gasteiger partial charge in [0.15, 0.2) is 22.1 Å². The number of aromatic hydroxyl groups is 4. The molecule has 0 aliphatic carbocycles. The minimum Gasteiger partial charge on any atom is -0.594 e. The van der Waals surface area contributed by atoms with Gasteiger partial charge in [-0.3, -0.25) is 18.2 Å². The van der Waals surface area contributed by atoms with Gasteiger partial charge < -0.3 is 35.1 Å². The van der Waals surface area contributed by atoms with E-state index in [9.17, 15) is 77.5 Å². The highest BCUT2D eigenvalue weighted by molar-refractivity contribution is 7.86. The maximum Gasteiger partial charge on any atom is 0.300 e. The first kappa shape index (κ1) is 45.4. The zero-order valence-corrected chi connectivity index (χ0v) is 34.6. The number of rotatable bonds is 12. The fourth-order valence-corrected chi connectivity index (χ4v) is 8.37. The lowest BCUT2D eigenvalue weighted by atomic mass is 10.1. The van der Waals surface area contributed by atoms with Crippen LogP contribution in [0.3, 0.4) is 0 Å². The predicted octanol–water partition coefficient (Wildman–Crippen LogP) is 6.58. The molecule has 0 aliphatic rings. The van der Waals surface area contributed by atoms with Crippen LogP contribution in [0.15, 0.2) is 118 Å². The van der Waals surface area contributed by atoms with Crippen molar-refractivity contribution in [2.75, 3.05) is 14.2 Å².